The van der Waals surface area contributed by atoms with Gasteiger partial charge in [0, 0.05) is 6.04 Å². The normalized spacial score (nSPS) is 30.6. The summed E-state index contributed by atoms with van der Waals surface area (Å²) in [6.45, 7) is 10.6. The molecule has 1 fully saturated rings. The molecule has 1 aliphatic rings. The van der Waals surface area contributed by atoms with E-state index in [1.54, 1.807) is 0 Å². The molecular formula is C14H29NO2. The largest absolute Gasteiger partial charge is 0.480 e. The van der Waals surface area contributed by atoms with Crippen LogP contribution in [0.15, 0.2) is 0 Å². The quantitative estimate of drug-likeness (QED) is 0.824. The lowest BCUT2D eigenvalue weighted by Gasteiger charge is -2.27. The summed E-state index contributed by atoms with van der Waals surface area (Å²) < 4.78 is 0. The van der Waals surface area contributed by atoms with Gasteiger partial charge in [-0.25, -0.2) is 0 Å². The van der Waals surface area contributed by atoms with Gasteiger partial charge in [-0.3, -0.25) is 9.69 Å². The van der Waals surface area contributed by atoms with Crippen molar-refractivity contribution in [3.05, 3.63) is 0 Å². The fraction of sp³-hybridized carbons (Fsp3) is 0.929. The summed E-state index contributed by atoms with van der Waals surface area (Å²) in [6.07, 6.45) is 3.10. The summed E-state index contributed by atoms with van der Waals surface area (Å²) in [5.41, 5.74) is 0. The molecule has 0 aliphatic carbocycles. The maximum Gasteiger partial charge on any atom is 0.320 e. The molecule has 0 bridgehead atoms. The molecule has 4 unspecified atom stereocenters. The number of carboxylic acid groups (broad SMARTS) is 1. The standard InChI is InChI=1S/C12H23NO2.C2H6/c1-5-8(2)6-10-9(3)7-11(12(14)15)13(10)4;1-2/h8-11H,5-7H2,1-4H3,(H,14,15);1-2H3. The molecule has 1 heterocycles. The molecule has 1 rings (SSSR count). The zero-order valence-corrected chi connectivity index (χ0v) is 12.2. The van der Waals surface area contributed by atoms with Gasteiger partial charge in [0.15, 0.2) is 0 Å². The van der Waals surface area contributed by atoms with Crippen LogP contribution in [0, 0.1) is 11.8 Å². The molecule has 1 aliphatic heterocycles. The first-order chi connectivity index (χ1) is 7.97. The van der Waals surface area contributed by atoms with Crippen molar-refractivity contribution < 1.29 is 9.90 Å². The Balaban J connectivity index is 0.00000121. The molecule has 3 nitrogen and oxygen atoms in total. The molecule has 17 heavy (non-hydrogen) atoms. The average Bonchev–Trinajstić information content (AvgIpc) is 2.59. The Hall–Kier alpha value is -0.570. The third-order valence-electron chi connectivity index (χ3n) is 3.89. The van der Waals surface area contributed by atoms with E-state index in [1.807, 2.05) is 20.9 Å². The highest BCUT2D eigenvalue weighted by molar-refractivity contribution is 5.74. The second kappa shape index (κ2) is 7.70. The predicted molar refractivity (Wildman–Crippen MR) is 72.2 cm³/mol. The molecule has 1 N–H and O–H groups in total. The number of likely N-dealkylation sites (N-methyl/N-ethyl adjacent to an activating group) is 1. The molecule has 1 saturated heterocycles. The zero-order chi connectivity index (χ0) is 13.6. The number of hydrogen-bond acceptors (Lipinski definition) is 2. The minimum Gasteiger partial charge on any atom is -0.480 e. The third kappa shape index (κ3) is 4.30. The topological polar surface area (TPSA) is 40.5 Å². The third-order valence-corrected chi connectivity index (χ3v) is 3.89. The fourth-order valence-electron chi connectivity index (χ4n) is 2.56. The lowest BCUT2D eigenvalue weighted by molar-refractivity contribution is -0.142. The Morgan fingerprint density at radius 2 is 2.00 bits per heavy atom. The Bertz CT molecular complexity index is 230. The summed E-state index contributed by atoms with van der Waals surface area (Å²) in [6, 6.07) is 0.176. The molecule has 0 aromatic rings. The van der Waals surface area contributed by atoms with Gasteiger partial charge in [0.25, 0.3) is 0 Å². The van der Waals surface area contributed by atoms with Crippen molar-refractivity contribution in [3.63, 3.8) is 0 Å². The van der Waals surface area contributed by atoms with Crippen LogP contribution in [0.3, 0.4) is 0 Å². The fourth-order valence-corrected chi connectivity index (χ4v) is 2.56. The molecule has 102 valence electrons. The van der Waals surface area contributed by atoms with Gasteiger partial charge in [-0.1, -0.05) is 41.0 Å². The molecule has 4 atom stereocenters. The van der Waals surface area contributed by atoms with E-state index in [0.29, 0.717) is 17.9 Å². The molecule has 3 heteroatoms. The van der Waals surface area contributed by atoms with Crippen LogP contribution in [-0.4, -0.2) is 35.1 Å². The number of likely N-dealkylation sites (tertiary alicyclic amines) is 1. The summed E-state index contributed by atoms with van der Waals surface area (Å²) in [5.74, 6) is 0.522. The van der Waals surface area contributed by atoms with Gasteiger partial charge in [-0.05, 0) is 31.7 Å². The summed E-state index contributed by atoms with van der Waals surface area (Å²) >= 11 is 0. The zero-order valence-electron chi connectivity index (χ0n) is 12.2. The van der Waals surface area contributed by atoms with E-state index in [2.05, 4.69) is 25.7 Å². The number of rotatable bonds is 4. The van der Waals surface area contributed by atoms with E-state index in [4.69, 9.17) is 5.11 Å². The van der Waals surface area contributed by atoms with Gasteiger partial charge in [-0.15, -0.1) is 0 Å². The van der Waals surface area contributed by atoms with Crippen molar-refractivity contribution in [3.8, 4) is 0 Å². The Morgan fingerprint density at radius 1 is 1.47 bits per heavy atom. The lowest BCUT2D eigenvalue weighted by atomic mass is 9.92. The summed E-state index contributed by atoms with van der Waals surface area (Å²) in [7, 11) is 1.95. The van der Waals surface area contributed by atoms with E-state index in [0.717, 1.165) is 12.8 Å². The maximum atomic E-state index is 11.0. The summed E-state index contributed by atoms with van der Waals surface area (Å²) in [5, 5.41) is 9.07. The molecule has 0 aromatic carbocycles. The van der Waals surface area contributed by atoms with E-state index in [1.165, 1.54) is 6.42 Å². The minimum absolute atomic E-state index is 0.269. The number of hydrogen-bond donors (Lipinski definition) is 1. The van der Waals surface area contributed by atoms with Gasteiger partial charge in [0.2, 0.25) is 0 Å². The van der Waals surface area contributed by atoms with Crippen molar-refractivity contribution in [2.24, 2.45) is 11.8 Å². The lowest BCUT2D eigenvalue weighted by Crippen LogP contribution is -2.38. The Morgan fingerprint density at radius 3 is 2.35 bits per heavy atom. The highest BCUT2D eigenvalue weighted by Crippen LogP contribution is 2.32. The van der Waals surface area contributed by atoms with Crippen molar-refractivity contribution >= 4 is 5.97 Å². The van der Waals surface area contributed by atoms with Crippen LogP contribution < -0.4 is 0 Å². The van der Waals surface area contributed by atoms with Crippen molar-refractivity contribution in [2.75, 3.05) is 7.05 Å². The first-order valence-electron chi connectivity index (χ1n) is 6.92. The SMILES string of the molecule is CC.CCC(C)CC1C(C)CC(C(=O)O)N1C. The minimum atomic E-state index is -0.670. The van der Waals surface area contributed by atoms with Crippen LogP contribution in [0.4, 0.5) is 0 Å². The average molecular weight is 243 g/mol. The Kier molecular flexibility index (Phi) is 7.44. The van der Waals surface area contributed by atoms with Crippen LogP contribution >= 0.6 is 0 Å². The first kappa shape index (κ1) is 16.4. The number of aliphatic carboxylic acids is 1. The van der Waals surface area contributed by atoms with Gasteiger partial charge < -0.3 is 5.11 Å². The van der Waals surface area contributed by atoms with E-state index >= 15 is 0 Å². The number of carbonyl (C=O) groups is 1. The van der Waals surface area contributed by atoms with Crippen LogP contribution in [0.2, 0.25) is 0 Å². The molecule has 0 radical (unpaired) electrons. The highest BCUT2D eigenvalue weighted by Gasteiger charge is 2.40. The van der Waals surface area contributed by atoms with Crippen molar-refractivity contribution in [1.29, 1.82) is 0 Å². The number of carboxylic acids is 1. The summed E-state index contributed by atoms with van der Waals surface area (Å²) in [4.78, 5) is 13.1. The predicted octanol–water partition coefficient (Wildman–Crippen LogP) is 3.24. The second-order valence-corrected chi connectivity index (χ2v) is 5.05. The van der Waals surface area contributed by atoms with Gasteiger partial charge in [-0.2, -0.15) is 0 Å². The molecule has 0 spiro atoms. The van der Waals surface area contributed by atoms with Crippen LogP contribution in [0.1, 0.15) is 53.9 Å². The molecular weight excluding hydrogens is 214 g/mol. The van der Waals surface area contributed by atoms with E-state index < -0.39 is 5.97 Å². The van der Waals surface area contributed by atoms with Crippen LogP contribution in [0.25, 0.3) is 0 Å². The number of nitrogens with zero attached hydrogens (tertiary/aromatic N) is 1. The van der Waals surface area contributed by atoms with E-state index in [-0.39, 0.29) is 6.04 Å². The highest BCUT2D eigenvalue weighted by atomic mass is 16.4. The maximum absolute atomic E-state index is 11.0. The van der Waals surface area contributed by atoms with Gasteiger partial charge in [0.1, 0.15) is 6.04 Å². The van der Waals surface area contributed by atoms with Crippen molar-refractivity contribution in [2.45, 2.75) is 66.0 Å². The molecule has 0 amide bonds. The van der Waals surface area contributed by atoms with E-state index in [9.17, 15) is 4.79 Å². The van der Waals surface area contributed by atoms with Crippen LogP contribution in [-0.2, 0) is 4.79 Å². The van der Waals surface area contributed by atoms with Crippen molar-refractivity contribution in [1.82, 2.24) is 4.90 Å². The smallest absolute Gasteiger partial charge is 0.320 e. The first-order valence-corrected chi connectivity index (χ1v) is 6.92. The Labute approximate surface area is 106 Å². The van der Waals surface area contributed by atoms with Crippen LogP contribution in [0.5, 0.6) is 0 Å². The second-order valence-electron chi connectivity index (χ2n) is 5.05. The molecule has 0 saturated carbocycles. The van der Waals surface area contributed by atoms with Gasteiger partial charge in [0.05, 0.1) is 0 Å². The monoisotopic (exact) mass is 243 g/mol. The molecule has 0 aromatic heterocycles. The van der Waals surface area contributed by atoms with Gasteiger partial charge >= 0.3 is 5.97 Å².